The predicted octanol–water partition coefficient (Wildman–Crippen LogP) is 2.30. The third kappa shape index (κ3) is 4.29. The van der Waals surface area contributed by atoms with Crippen LogP contribution in [0, 0.1) is 5.92 Å². The number of nitrogens with zero attached hydrogens (tertiary/aromatic N) is 2. The molecule has 1 aliphatic carbocycles. The number of carboxylic acid groups (broad SMARTS) is 1. The lowest BCUT2D eigenvalue weighted by molar-refractivity contribution is 0.0697. The molecule has 4 nitrogen and oxygen atoms in total. The van der Waals surface area contributed by atoms with Crippen molar-refractivity contribution in [3.63, 3.8) is 0 Å². The molecule has 1 aromatic carbocycles. The predicted molar refractivity (Wildman–Crippen MR) is 82.5 cm³/mol. The van der Waals surface area contributed by atoms with Crippen LogP contribution in [-0.2, 0) is 6.54 Å². The van der Waals surface area contributed by atoms with Crippen LogP contribution in [-0.4, -0.2) is 53.6 Å². The average molecular weight is 288 g/mol. The van der Waals surface area contributed by atoms with Crippen molar-refractivity contribution in [2.45, 2.75) is 25.8 Å². The highest BCUT2D eigenvalue weighted by Crippen LogP contribution is 2.29. The third-order valence-corrected chi connectivity index (χ3v) is 4.50. The molecule has 114 valence electrons. The number of carbonyl (C=O) groups is 1. The van der Waals surface area contributed by atoms with Crippen molar-refractivity contribution in [1.82, 2.24) is 9.80 Å². The topological polar surface area (TPSA) is 43.8 Å². The van der Waals surface area contributed by atoms with Crippen LogP contribution in [0.2, 0.25) is 0 Å². The summed E-state index contributed by atoms with van der Waals surface area (Å²) < 4.78 is 0. The molecule has 0 unspecified atom stereocenters. The van der Waals surface area contributed by atoms with Crippen LogP contribution in [0.4, 0.5) is 0 Å². The van der Waals surface area contributed by atoms with Crippen LogP contribution in [0.3, 0.4) is 0 Å². The fourth-order valence-corrected chi connectivity index (χ4v) is 3.04. The average Bonchev–Trinajstić information content (AvgIpc) is 3.29. The molecule has 2 fully saturated rings. The highest BCUT2D eigenvalue weighted by atomic mass is 16.4. The largest absolute Gasteiger partial charge is 0.478 e. The molecule has 0 amide bonds. The molecule has 1 aliphatic heterocycles. The first kappa shape index (κ1) is 14.5. The molecule has 1 aromatic rings. The van der Waals surface area contributed by atoms with E-state index in [0.29, 0.717) is 5.56 Å². The molecule has 1 saturated heterocycles. The van der Waals surface area contributed by atoms with Crippen molar-refractivity contribution in [1.29, 1.82) is 0 Å². The second-order valence-corrected chi connectivity index (χ2v) is 6.38. The van der Waals surface area contributed by atoms with Crippen LogP contribution in [0.5, 0.6) is 0 Å². The summed E-state index contributed by atoms with van der Waals surface area (Å²) in [6.45, 7) is 6.88. The molecule has 2 aliphatic rings. The number of hydrogen-bond donors (Lipinski definition) is 1. The van der Waals surface area contributed by atoms with Gasteiger partial charge in [-0.3, -0.25) is 4.90 Å². The van der Waals surface area contributed by atoms with Gasteiger partial charge in [0.05, 0.1) is 5.56 Å². The first-order valence-corrected chi connectivity index (χ1v) is 7.97. The Balaban J connectivity index is 1.51. The lowest BCUT2D eigenvalue weighted by Crippen LogP contribution is -2.31. The van der Waals surface area contributed by atoms with E-state index in [4.69, 9.17) is 5.11 Å². The lowest BCUT2D eigenvalue weighted by atomic mass is 10.1. The Hall–Kier alpha value is -1.39. The molecular weight excluding hydrogens is 264 g/mol. The van der Waals surface area contributed by atoms with Gasteiger partial charge in [-0.25, -0.2) is 4.79 Å². The summed E-state index contributed by atoms with van der Waals surface area (Å²) in [7, 11) is 0. The standard InChI is InChI=1S/C17H24N2O2/c20-17(21)16-6-4-15(5-7-16)13-19-9-1-8-18(10-11-19)12-14-2-3-14/h4-7,14H,1-3,8-13H2,(H,20,21). The molecule has 4 heteroatoms. The SMILES string of the molecule is O=C(O)c1ccc(CN2CCCN(CC3CC3)CC2)cc1. The van der Waals surface area contributed by atoms with Crippen molar-refractivity contribution in [3.05, 3.63) is 35.4 Å². The van der Waals surface area contributed by atoms with Crippen molar-refractivity contribution >= 4 is 5.97 Å². The first-order valence-electron chi connectivity index (χ1n) is 7.97. The third-order valence-electron chi connectivity index (χ3n) is 4.50. The maximum absolute atomic E-state index is 10.9. The maximum Gasteiger partial charge on any atom is 0.335 e. The molecule has 1 N–H and O–H groups in total. The Kier molecular flexibility index (Phi) is 4.56. The summed E-state index contributed by atoms with van der Waals surface area (Å²) in [5.41, 5.74) is 1.57. The van der Waals surface area contributed by atoms with Crippen LogP contribution in [0.15, 0.2) is 24.3 Å². The van der Waals surface area contributed by atoms with Gasteiger partial charge in [-0.1, -0.05) is 12.1 Å². The van der Waals surface area contributed by atoms with Crippen LogP contribution < -0.4 is 0 Å². The molecule has 1 saturated carbocycles. The van der Waals surface area contributed by atoms with E-state index in [1.807, 2.05) is 12.1 Å². The summed E-state index contributed by atoms with van der Waals surface area (Å²) in [5.74, 6) is 0.118. The minimum Gasteiger partial charge on any atom is -0.478 e. The van der Waals surface area contributed by atoms with E-state index in [1.54, 1.807) is 12.1 Å². The molecule has 0 bridgehead atoms. The van der Waals surface area contributed by atoms with E-state index in [-0.39, 0.29) is 0 Å². The fraction of sp³-hybridized carbons (Fsp3) is 0.588. The molecule has 0 aromatic heterocycles. The number of carboxylic acids is 1. The fourth-order valence-electron chi connectivity index (χ4n) is 3.04. The van der Waals surface area contributed by atoms with E-state index in [9.17, 15) is 4.79 Å². The van der Waals surface area contributed by atoms with Crippen molar-refractivity contribution < 1.29 is 9.90 Å². The van der Waals surface area contributed by atoms with Gasteiger partial charge >= 0.3 is 5.97 Å². The zero-order valence-electron chi connectivity index (χ0n) is 12.5. The Morgan fingerprint density at radius 3 is 2.38 bits per heavy atom. The zero-order valence-corrected chi connectivity index (χ0v) is 12.5. The first-order chi connectivity index (χ1) is 10.2. The number of benzene rings is 1. The summed E-state index contributed by atoms with van der Waals surface area (Å²) in [5, 5.41) is 8.92. The van der Waals surface area contributed by atoms with Gasteiger partial charge < -0.3 is 10.0 Å². The van der Waals surface area contributed by atoms with E-state index in [1.165, 1.54) is 44.5 Å². The second-order valence-electron chi connectivity index (χ2n) is 6.38. The van der Waals surface area contributed by atoms with E-state index in [2.05, 4.69) is 9.80 Å². The Bertz CT molecular complexity index is 482. The van der Waals surface area contributed by atoms with E-state index >= 15 is 0 Å². The maximum atomic E-state index is 10.9. The minimum atomic E-state index is -0.855. The second kappa shape index (κ2) is 6.58. The normalized spacial score (nSPS) is 21.1. The van der Waals surface area contributed by atoms with E-state index < -0.39 is 5.97 Å². The van der Waals surface area contributed by atoms with Gasteiger partial charge in [0.15, 0.2) is 0 Å². The number of hydrogen-bond acceptors (Lipinski definition) is 3. The lowest BCUT2D eigenvalue weighted by Gasteiger charge is -2.21. The van der Waals surface area contributed by atoms with Crippen LogP contribution in [0.1, 0.15) is 35.2 Å². The highest BCUT2D eigenvalue weighted by molar-refractivity contribution is 5.87. The smallest absolute Gasteiger partial charge is 0.335 e. The quantitative estimate of drug-likeness (QED) is 0.903. The van der Waals surface area contributed by atoms with Gasteiger partial charge in [-0.05, 0) is 56.0 Å². The van der Waals surface area contributed by atoms with Crippen LogP contribution >= 0.6 is 0 Å². The molecular formula is C17H24N2O2. The summed E-state index contributed by atoms with van der Waals surface area (Å²) in [4.78, 5) is 16.0. The zero-order chi connectivity index (χ0) is 14.7. The molecule has 1 heterocycles. The minimum absolute atomic E-state index is 0.366. The Morgan fingerprint density at radius 2 is 1.71 bits per heavy atom. The number of rotatable bonds is 5. The number of aromatic carboxylic acids is 1. The van der Waals surface area contributed by atoms with Gasteiger partial charge in [0.2, 0.25) is 0 Å². The summed E-state index contributed by atoms with van der Waals surface area (Å²) in [6, 6.07) is 7.29. The highest BCUT2D eigenvalue weighted by Gasteiger charge is 2.25. The molecule has 0 atom stereocenters. The van der Waals surface area contributed by atoms with Gasteiger partial charge in [0.1, 0.15) is 0 Å². The Morgan fingerprint density at radius 1 is 1.05 bits per heavy atom. The van der Waals surface area contributed by atoms with Gasteiger partial charge in [0, 0.05) is 26.2 Å². The molecule has 21 heavy (non-hydrogen) atoms. The van der Waals surface area contributed by atoms with E-state index in [0.717, 1.165) is 25.6 Å². The van der Waals surface area contributed by atoms with Crippen molar-refractivity contribution in [3.8, 4) is 0 Å². The van der Waals surface area contributed by atoms with Gasteiger partial charge in [-0.15, -0.1) is 0 Å². The van der Waals surface area contributed by atoms with Crippen molar-refractivity contribution in [2.75, 3.05) is 32.7 Å². The van der Waals surface area contributed by atoms with Crippen molar-refractivity contribution in [2.24, 2.45) is 5.92 Å². The van der Waals surface area contributed by atoms with Crippen LogP contribution in [0.25, 0.3) is 0 Å². The monoisotopic (exact) mass is 288 g/mol. The molecule has 0 radical (unpaired) electrons. The molecule has 0 spiro atoms. The molecule has 3 rings (SSSR count). The Labute approximate surface area is 126 Å². The summed E-state index contributed by atoms with van der Waals surface area (Å²) in [6.07, 6.45) is 4.09. The summed E-state index contributed by atoms with van der Waals surface area (Å²) >= 11 is 0. The van der Waals surface area contributed by atoms with Gasteiger partial charge in [-0.2, -0.15) is 0 Å². The van der Waals surface area contributed by atoms with Gasteiger partial charge in [0.25, 0.3) is 0 Å².